The van der Waals surface area contributed by atoms with E-state index in [-0.39, 0.29) is 30.5 Å². The number of carbonyl (C=O) groups is 2. The number of para-hydroxylation sites is 3. The summed E-state index contributed by atoms with van der Waals surface area (Å²) < 4.78 is 21.7. The minimum atomic E-state index is -0.573. The zero-order valence-corrected chi connectivity index (χ0v) is 16.2. The first-order valence-electron chi connectivity index (χ1n) is 9.65. The molecule has 154 valence electrons. The second-order valence-corrected chi connectivity index (χ2v) is 6.99. The minimum absolute atomic E-state index is 0.0316. The lowest BCUT2D eigenvalue weighted by atomic mass is 10.1. The van der Waals surface area contributed by atoms with Gasteiger partial charge in [0.1, 0.15) is 18.2 Å². The number of ether oxygens (including phenoxy) is 1. The van der Waals surface area contributed by atoms with Crippen molar-refractivity contribution in [3.63, 3.8) is 0 Å². The number of hydrogen-bond donors (Lipinski definition) is 1. The molecule has 4 rings (SSSR count). The summed E-state index contributed by atoms with van der Waals surface area (Å²) in [5.41, 5.74) is 0.728. The molecule has 0 spiro atoms. The van der Waals surface area contributed by atoms with E-state index in [9.17, 15) is 14.0 Å². The molecule has 7 nitrogen and oxygen atoms in total. The number of anilines is 2. The molecule has 3 aromatic rings. The maximum Gasteiger partial charge on any atom is 0.229 e. The zero-order valence-electron chi connectivity index (χ0n) is 16.2. The largest absolute Gasteiger partial charge is 0.490 e. The zero-order chi connectivity index (χ0) is 20.9. The van der Waals surface area contributed by atoms with Crippen LogP contribution in [-0.2, 0) is 16.1 Å². The van der Waals surface area contributed by atoms with Gasteiger partial charge < -0.3 is 19.5 Å². The van der Waals surface area contributed by atoms with Gasteiger partial charge in [-0.3, -0.25) is 9.59 Å². The van der Waals surface area contributed by atoms with E-state index in [2.05, 4.69) is 10.3 Å². The number of aromatic nitrogens is 2. The molecule has 30 heavy (non-hydrogen) atoms. The molecule has 8 heteroatoms. The third kappa shape index (κ3) is 4.32. The molecule has 2 amide bonds. The normalized spacial score (nSPS) is 16.0. The van der Waals surface area contributed by atoms with E-state index in [1.54, 1.807) is 42.9 Å². The summed E-state index contributed by atoms with van der Waals surface area (Å²) in [5.74, 6) is -1.08. The number of carbonyl (C=O) groups excluding carboxylic acids is 2. The Labute approximate surface area is 173 Å². The summed E-state index contributed by atoms with van der Waals surface area (Å²) in [5, 5.41) is 2.85. The van der Waals surface area contributed by atoms with Crippen LogP contribution in [0.15, 0.2) is 67.3 Å². The fourth-order valence-electron chi connectivity index (χ4n) is 3.40. The molecular formula is C22H21FN4O3. The van der Waals surface area contributed by atoms with Crippen LogP contribution in [0.3, 0.4) is 0 Å². The predicted octanol–water partition coefficient (Wildman–Crippen LogP) is 3.09. The van der Waals surface area contributed by atoms with Gasteiger partial charge in [-0.05, 0) is 24.3 Å². The van der Waals surface area contributed by atoms with E-state index in [4.69, 9.17) is 4.74 Å². The van der Waals surface area contributed by atoms with Crippen LogP contribution in [0.25, 0.3) is 0 Å². The third-order valence-corrected chi connectivity index (χ3v) is 4.95. The van der Waals surface area contributed by atoms with E-state index in [1.165, 1.54) is 17.0 Å². The van der Waals surface area contributed by atoms with Crippen LogP contribution in [-0.4, -0.2) is 34.5 Å². The molecule has 0 saturated carbocycles. The van der Waals surface area contributed by atoms with Crippen LogP contribution in [0.1, 0.15) is 6.42 Å². The number of nitrogens with zero attached hydrogens (tertiary/aromatic N) is 3. The number of imidazole rings is 1. The Morgan fingerprint density at radius 3 is 2.80 bits per heavy atom. The van der Waals surface area contributed by atoms with E-state index in [0.29, 0.717) is 24.6 Å². The number of benzene rings is 2. The number of hydrogen-bond acceptors (Lipinski definition) is 4. The fourth-order valence-corrected chi connectivity index (χ4v) is 3.40. The maximum absolute atomic E-state index is 14.0. The number of amides is 2. The van der Waals surface area contributed by atoms with Gasteiger partial charge >= 0.3 is 0 Å². The van der Waals surface area contributed by atoms with Gasteiger partial charge in [0.2, 0.25) is 11.8 Å². The van der Waals surface area contributed by atoms with Crippen LogP contribution >= 0.6 is 0 Å². The standard InChI is InChI=1S/C22H21FN4O3/c23-17-5-1-3-7-19(17)27-14-16(13-21(27)28)22(29)25-18-6-2-4-8-20(18)30-12-11-26-10-9-24-15-26/h1-10,15-16H,11-14H2,(H,25,29). The summed E-state index contributed by atoms with van der Waals surface area (Å²) in [6, 6.07) is 13.2. The van der Waals surface area contributed by atoms with Gasteiger partial charge in [-0.15, -0.1) is 0 Å². The van der Waals surface area contributed by atoms with Crippen LogP contribution in [0.2, 0.25) is 0 Å². The molecule has 0 radical (unpaired) electrons. The van der Waals surface area contributed by atoms with E-state index in [0.717, 1.165) is 0 Å². The van der Waals surface area contributed by atoms with Crippen molar-refractivity contribution in [1.29, 1.82) is 0 Å². The van der Waals surface area contributed by atoms with E-state index in [1.807, 2.05) is 16.8 Å². The lowest BCUT2D eigenvalue weighted by molar-refractivity contribution is -0.122. The Bertz CT molecular complexity index is 1040. The van der Waals surface area contributed by atoms with Gasteiger partial charge in [-0.1, -0.05) is 24.3 Å². The van der Waals surface area contributed by atoms with Crippen molar-refractivity contribution >= 4 is 23.2 Å². The lowest BCUT2D eigenvalue weighted by Gasteiger charge is -2.18. The van der Waals surface area contributed by atoms with Gasteiger partial charge in [0.25, 0.3) is 0 Å². The molecule has 1 aliphatic heterocycles. The van der Waals surface area contributed by atoms with Crippen molar-refractivity contribution in [3.05, 3.63) is 73.1 Å². The molecule has 2 aromatic carbocycles. The quantitative estimate of drug-likeness (QED) is 0.652. The molecule has 1 aliphatic rings. The van der Waals surface area contributed by atoms with Gasteiger partial charge in [0.15, 0.2) is 0 Å². The molecule has 1 N–H and O–H groups in total. The van der Waals surface area contributed by atoms with Gasteiger partial charge in [0, 0.05) is 25.4 Å². The second-order valence-electron chi connectivity index (χ2n) is 6.99. The Balaban J connectivity index is 1.39. The molecule has 1 fully saturated rings. The van der Waals surface area contributed by atoms with Crippen molar-refractivity contribution in [1.82, 2.24) is 9.55 Å². The highest BCUT2D eigenvalue weighted by molar-refractivity contribution is 6.04. The predicted molar refractivity (Wildman–Crippen MR) is 110 cm³/mol. The van der Waals surface area contributed by atoms with Gasteiger partial charge in [0.05, 0.1) is 30.2 Å². The van der Waals surface area contributed by atoms with Crippen LogP contribution in [0.4, 0.5) is 15.8 Å². The Kier molecular flexibility index (Phi) is 5.74. The Morgan fingerprint density at radius 1 is 1.20 bits per heavy atom. The summed E-state index contributed by atoms with van der Waals surface area (Å²) in [4.78, 5) is 30.5. The highest BCUT2D eigenvalue weighted by Gasteiger charge is 2.36. The smallest absolute Gasteiger partial charge is 0.229 e. The molecule has 2 heterocycles. The van der Waals surface area contributed by atoms with Crippen molar-refractivity contribution in [2.75, 3.05) is 23.4 Å². The summed E-state index contributed by atoms with van der Waals surface area (Å²) in [6.07, 6.45) is 5.27. The van der Waals surface area contributed by atoms with Crippen molar-refractivity contribution in [2.24, 2.45) is 5.92 Å². The Morgan fingerprint density at radius 2 is 2.00 bits per heavy atom. The van der Waals surface area contributed by atoms with E-state index < -0.39 is 11.7 Å². The summed E-state index contributed by atoms with van der Waals surface area (Å²) in [6.45, 7) is 1.17. The number of halogens is 1. The molecule has 1 unspecified atom stereocenters. The average molecular weight is 408 g/mol. The van der Waals surface area contributed by atoms with Crippen molar-refractivity contribution in [3.8, 4) is 5.75 Å². The summed E-state index contributed by atoms with van der Waals surface area (Å²) in [7, 11) is 0. The molecule has 0 bridgehead atoms. The van der Waals surface area contributed by atoms with Crippen LogP contribution in [0.5, 0.6) is 5.75 Å². The summed E-state index contributed by atoms with van der Waals surface area (Å²) >= 11 is 0. The lowest BCUT2D eigenvalue weighted by Crippen LogP contribution is -2.28. The first-order chi connectivity index (χ1) is 14.6. The highest BCUT2D eigenvalue weighted by Crippen LogP contribution is 2.29. The molecule has 1 saturated heterocycles. The Hall–Kier alpha value is -3.68. The maximum atomic E-state index is 14.0. The number of nitrogens with one attached hydrogen (secondary N) is 1. The molecule has 1 aromatic heterocycles. The average Bonchev–Trinajstić information content (AvgIpc) is 3.39. The highest BCUT2D eigenvalue weighted by atomic mass is 19.1. The fraction of sp³-hybridized carbons (Fsp3) is 0.227. The first-order valence-corrected chi connectivity index (χ1v) is 9.65. The molecule has 0 aliphatic carbocycles. The second kappa shape index (κ2) is 8.77. The van der Waals surface area contributed by atoms with Crippen molar-refractivity contribution in [2.45, 2.75) is 13.0 Å². The molecular weight excluding hydrogens is 387 g/mol. The van der Waals surface area contributed by atoms with Gasteiger partial charge in [-0.2, -0.15) is 0 Å². The third-order valence-electron chi connectivity index (χ3n) is 4.95. The minimum Gasteiger partial charge on any atom is -0.490 e. The van der Waals surface area contributed by atoms with Crippen LogP contribution < -0.4 is 15.0 Å². The van der Waals surface area contributed by atoms with Crippen LogP contribution in [0, 0.1) is 11.7 Å². The first kappa shape index (κ1) is 19.6. The molecule has 1 atom stereocenters. The topological polar surface area (TPSA) is 76.5 Å². The monoisotopic (exact) mass is 408 g/mol. The van der Waals surface area contributed by atoms with Crippen molar-refractivity contribution < 1.29 is 18.7 Å². The number of rotatable bonds is 7. The SMILES string of the molecule is O=C(Nc1ccccc1OCCn1ccnc1)C1CC(=O)N(c2ccccc2F)C1. The van der Waals surface area contributed by atoms with Gasteiger partial charge in [-0.25, -0.2) is 9.37 Å². The van der Waals surface area contributed by atoms with E-state index >= 15 is 0 Å².